The Hall–Kier alpha value is -2.70. The van der Waals surface area contributed by atoms with Gasteiger partial charge in [0.2, 0.25) is 17.6 Å². The molecule has 0 radical (unpaired) electrons. The first-order valence-corrected chi connectivity index (χ1v) is 22.3. The quantitative estimate of drug-likeness (QED) is 0.171. The summed E-state index contributed by atoms with van der Waals surface area (Å²) in [6, 6.07) is -3.34. The summed E-state index contributed by atoms with van der Waals surface area (Å²) in [5.41, 5.74) is -1.52. The molecule has 4 N–H and O–H groups in total. The SMILES string of the molecule is CC(C)[C@H]1CCN(C(=O)[C@@H](NC(=O)NC2(CS(=O)(=O)C(C)(C)C)CCCCC2)C2(C)CCCCC2)[C@@H]1C(=O)N[C@@H](CCC1CC1)C(=O)C(=O)NC1CC1. The molecule has 1 heterocycles. The molecule has 53 heavy (non-hydrogen) atoms. The second-order valence-electron chi connectivity index (χ2n) is 18.8. The van der Waals surface area contributed by atoms with Gasteiger partial charge in [0.1, 0.15) is 12.1 Å². The zero-order chi connectivity index (χ0) is 38.8. The lowest BCUT2D eigenvalue weighted by Crippen LogP contribution is -2.64. The second-order valence-corrected chi connectivity index (χ2v) is 21.6. The number of carbonyl (C=O) groups is 5. The van der Waals surface area contributed by atoms with E-state index in [0.717, 1.165) is 83.5 Å². The summed E-state index contributed by atoms with van der Waals surface area (Å²) in [6.07, 6.45) is 13.5. The van der Waals surface area contributed by atoms with Crippen LogP contribution in [0.5, 0.6) is 0 Å². The number of sulfone groups is 1. The van der Waals surface area contributed by atoms with Crippen molar-refractivity contribution in [3.8, 4) is 0 Å². The Labute approximate surface area is 317 Å². The minimum Gasteiger partial charge on any atom is -0.347 e. The molecule has 0 unspecified atom stereocenters. The summed E-state index contributed by atoms with van der Waals surface area (Å²) < 4.78 is 25.9. The molecule has 0 bridgehead atoms. The van der Waals surface area contributed by atoms with Crippen molar-refractivity contribution in [1.29, 1.82) is 0 Å². The number of hydrogen-bond donors (Lipinski definition) is 4. The van der Waals surface area contributed by atoms with E-state index in [4.69, 9.17) is 0 Å². The summed E-state index contributed by atoms with van der Waals surface area (Å²) in [5, 5.41) is 11.9. The van der Waals surface area contributed by atoms with Crippen molar-refractivity contribution < 1.29 is 32.4 Å². The zero-order valence-electron chi connectivity index (χ0n) is 33.2. The summed E-state index contributed by atoms with van der Waals surface area (Å²) in [7, 11) is -3.56. The molecule has 0 aromatic carbocycles. The Balaban J connectivity index is 1.39. The molecule has 0 aromatic heterocycles. The van der Waals surface area contributed by atoms with Crippen LogP contribution >= 0.6 is 0 Å². The van der Waals surface area contributed by atoms with Crippen molar-refractivity contribution in [3.05, 3.63) is 0 Å². The molecule has 5 rings (SSSR count). The Morgan fingerprint density at radius 1 is 0.830 bits per heavy atom. The van der Waals surface area contributed by atoms with Crippen LogP contribution < -0.4 is 21.3 Å². The van der Waals surface area contributed by atoms with Crippen molar-refractivity contribution in [1.82, 2.24) is 26.2 Å². The van der Waals surface area contributed by atoms with Crippen molar-refractivity contribution >= 4 is 39.4 Å². The van der Waals surface area contributed by atoms with E-state index < -0.39 is 67.3 Å². The van der Waals surface area contributed by atoms with E-state index in [-0.39, 0.29) is 29.5 Å². The summed E-state index contributed by atoms with van der Waals surface area (Å²) in [6.45, 7) is 11.4. The van der Waals surface area contributed by atoms with E-state index in [1.165, 1.54) is 0 Å². The zero-order valence-corrected chi connectivity index (χ0v) is 34.0. The number of rotatable bonds is 15. The lowest BCUT2D eigenvalue weighted by Gasteiger charge is -2.44. The Kier molecular flexibility index (Phi) is 13.0. The van der Waals surface area contributed by atoms with Crippen LogP contribution in [0.2, 0.25) is 0 Å². The predicted octanol–water partition coefficient (Wildman–Crippen LogP) is 4.94. The molecule has 4 atom stereocenters. The monoisotopic (exact) mass is 761 g/mol. The van der Waals surface area contributed by atoms with E-state index in [1.807, 2.05) is 20.8 Å². The molecule has 1 saturated heterocycles. The maximum Gasteiger partial charge on any atom is 0.315 e. The van der Waals surface area contributed by atoms with Gasteiger partial charge in [-0.25, -0.2) is 13.2 Å². The fourth-order valence-corrected chi connectivity index (χ4v) is 10.5. The topological polar surface area (TPSA) is 171 Å². The lowest BCUT2D eigenvalue weighted by atomic mass is 9.70. The van der Waals surface area contributed by atoms with Gasteiger partial charge in [0.25, 0.3) is 5.91 Å². The second kappa shape index (κ2) is 16.6. The third kappa shape index (κ3) is 10.3. The average Bonchev–Trinajstić information content (AvgIpc) is 4.03. The first kappa shape index (κ1) is 41.5. The highest BCUT2D eigenvalue weighted by atomic mass is 32.2. The third-order valence-electron chi connectivity index (χ3n) is 13.0. The van der Waals surface area contributed by atoms with Crippen molar-refractivity contribution in [2.45, 2.75) is 185 Å². The Morgan fingerprint density at radius 3 is 1.98 bits per heavy atom. The van der Waals surface area contributed by atoms with E-state index in [1.54, 1.807) is 25.7 Å². The molecular formula is C40H67N5O7S. The number of ketones is 1. The molecule has 12 nitrogen and oxygen atoms in total. The van der Waals surface area contributed by atoms with Gasteiger partial charge in [-0.15, -0.1) is 0 Å². The van der Waals surface area contributed by atoms with Gasteiger partial charge in [-0.2, -0.15) is 0 Å². The summed E-state index contributed by atoms with van der Waals surface area (Å²) >= 11 is 0. The molecule has 4 saturated carbocycles. The van der Waals surface area contributed by atoms with Crippen LogP contribution in [0.15, 0.2) is 0 Å². The summed E-state index contributed by atoms with van der Waals surface area (Å²) in [4.78, 5) is 71.4. The first-order chi connectivity index (χ1) is 24.8. The molecule has 4 aliphatic carbocycles. The number of amides is 5. The highest BCUT2D eigenvalue weighted by Gasteiger charge is 2.51. The molecule has 0 aromatic rings. The van der Waals surface area contributed by atoms with Crippen LogP contribution in [-0.2, 0) is 29.0 Å². The molecule has 5 fully saturated rings. The highest BCUT2D eigenvalue weighted by molar-refractivity contribution is 7.92. The van der Waals surface area contributed by atoms with Crippen molar-refractivity contribution in [2.75, 3.05) is 12.3 Å². The smallest absolute Gasteiger partial charge is 0.315 e. The molecule has 13 heteroatoms. The van der Waals surface area contributed by atoms with E-state index >= 15 is 0 Å². The van der Waals surface area contributed by atoms with Gasteiger partial charge in [0, 0.05) is 12.6 Å². The fraction of sp³-hybridized carbons (Fsp3) is 0.875. The van der Waals surface area contributed by atoms with Crippen LogP contribution in [0.25, 0.3) is 0 Å². The number of nitrogens with zero attached hydrogens (tertiary/aromatic N) is 1. The number of Topliss-reactive ketones (excluding diaryl/α,β-unsaturated/α-hetero) is 1. The average molecular weight is 762 g/mol. The van der Waals surface area contributed by atoms with Gasteiger partial charge in [-0.05, 0) is 102 Å². The highest BCUT2D eigenvalue weighted by Crippen LogP contribution is 2.42. The molecule has 5 aliphatic rings. The normalized spacial score (nSPS) is 25.6. The number of nitrogens with one attached hydrogen (secondary N) is 4. The number of hydrogen-bond acceptors (Lipinski definition) is 7. The third-order valence-corrected chi connectivity index (χ3v) is 15.8. The molecule has 1 aliphatic heterocycles. The van der Waals surface area contributed by atoms with Crippen LogP contribution in [0.1, 0.15) is 151 Å². The van der Waals surface area contributed by atoms with Crippen molar-refractivity contribution in [3.63, 3.8) is 0 Å². The van der Waals surface area contributed by atoms with Crippen LogP contribution in [0, 0.1) is 23.2 Å². The summed E-state index contributed by atoms with van der Waals surface area (Å²) in [5.74, 6) is -1.88. The van der Waals surface area contributed by atoms with E-state index in [0.29, 0.717) is 38.1 Å². The Morgan fingerprint density at radius 2 is 1.43 bits per heavy atom. The van der Waals surface area contributed by atoms with E-state index in [9.17, 15) is 32.4 Å². The molecular weight excluding hydrogens is 695 g/mol. The number of likely N-dealkylation sites (tertiary alicyclic amines) is 1. The standard InChI is InChI=1S/C40H67N5O7S/c1-26(2)29-19-24-45(31(29)34(47)42-30(18-15-27-13-14-27)32(46)35(48)41-28-16-17-28)36(49)33(39(6)20-9-7-10-21-39)43-37(50)44-40(22-11-8-12-23-40)25-53(51,52)38(3,4)5/h26-31,33H,7-25H2,1-6H3,(H,41,48)(H,42,47)(H2,43,44,50)/t29-,30+,31+,33-/m1/s1. The fourth-order valence-electron chi connectivity index (χ4n) is 8.94. The maximum absolute atomic E-state index is 15.0. The van der Waals surface area contributed by atoms with Crippen LogP contribution in [-0.4, -0.2) is 89.6 Å². The minimum absolute atomic E-state index is 0.0122. The van der Waals surface area contributed by atoms with Crippen molar-refractivity contribution in [2.24, 2.45) is 23.2 Å². The predicted molar refractivity (Wildman–Crippen MR) is 205 cm³/mol. The molecule has 300 valence electrons. The lowest BCUT2D eigenvalue weighted by molar-refractivity contribution is -0.145. The largest absolute Gasteiger partial charge is 0.347 e. The maximum atomic E-state index is 15.0. The van der Waals surface area contributed by atoms with Gasteiger partial charge in [-0.3, -0.25) is 19.2 Å². The van der Waals surface area contributed by atoms with Crippen LogP contribution in [0.3, 0.4) is 0 Å². The van der Waals surface area contributed by atoms with E-state index in [2.05, 4.69) is 21.3 Å². The molecule has 0 spiro atoms. The number of urea groups is 1. The number of carbonyl (C=O) groups excluding carboxylic acids is 5. The van der Waals surface area contributed by atoms with Gasteiger partial charge >= 0.3 is 6.03 Å². The van der Waals surface area contributed by atoms with Crippen LogP contribution in [0.4, 0.5) is 4.79 Å². The Bertz CT molecular complexity index is 1470. The van der Waals surface area contributed by atoms with Gasteiger partial charge in [0.15, 0.2) is 9.84 Å². The van der Waals surface area contributed by atoms with Gasteiger partial charge < -0.3 is 26.2 Å². The molecule has 5 amide bonds. The van der Waals surface area contributed by atoms with Gasteiger partial charge in [-0.1, -0.05) is 72.1 Å². The minimum atomic E-state index is -3.56. The van der Waals surface area contributed by atoms with Gasteiger partial charge in [0.05, 0.1) is 22.1 Å². The first-order valence-electron chi connectivity index (χ1n) is 20.6.